The van der Waals surface area contributed by atoms with Gasteiger partial charge in [-0.2, -0.15) is 0 Å². The largest absolute Gasteiger partial charge is 0.468 e. The van der Waals surface area contributed by atoms with Crippen molar-refractivity contribution in [3.05, 3.63) is 24.5 Å². The van der Waals surface area contributed by atoms with Gasteiger partial charge >= 0.3 is 5.97 Å². The Bertz CT molecular complexity index is 564. The summed E-state index contributed by atoms with van der Waals surface area (Å²) < 4.78 is 4.56. The van der Waals surface area contributed by atoms with Crippen LogP contribution in [0.3, 0.4) is 0 Å². The minimum atomic E-state index is -0.205. The van der Waals surface area contributed by atoms with Gasteiger partial charge in [-0.05, 0) is 12.1 Å². The number of hydrogen-bond acceptors (Lipinski definition) is 7. The van der Waals surface area contributed by atoms with Gasteiger partial charge < -0.3 is 10.1 Å². The van der Waals surface area contributed by atoms with E-state index in [1.54, 1.807) is 12.4 Å². The maximum atomic E-state index is 10.9. The van der Waals surface area contributed by atoms with Crippen molar-refractivity contribution in [2.75, 3.05) is 30.5 Å². The van der Waals surface area contributed by atoms with E-state index in [1.165, 1.54) is 18.9 Å². The van der Waals surface area contributed by atoms with Crippen molar-refractivity contribution in [3.8, 4) is 0 Å². The first-order valence-electron chi connectivity index (χ1n) is 5.76. The Morgan fingerprint density at radius 3 is 3.05 bits per heavy atom. The van der Waals surface area contributed by atoms with E-state index in [-0.39, 0.29) is 5.97 Å². The Labute approximate surface area is 115 Å². The molecular formula is C12H14N4O2S. The number of nitrogens with zero attached hydrogens (tertiary/aromatic N) is 3. The van der Waals surface area contributed by atoms with Gasteiger partial charge in [-0.3, -0.25) is 9.78 Å². The van der Waals surface area contributed by atoms with Gasteiger partial charge in [-0.25, -0.2) is 9.97 Å². The van der Waals surface area contributed by atoms with Crippen LogP contribution in [0.5, 0.6) is 0 Å². The van der Waals surface area contributed by atoms with Gasteiger partial charge in [-0.1, -0.05) is 0 Å². The highest BCUT2D eigenvalue weighted by Crippen LogP contribution is 2.10. The minimum Gasteiger partial charge on any atom is -0.468 e. The van der Waals surface area contributed by atoms with Crippen LogP contribution >= 0.6 is 11.8 Å². The quantitative estimate of drug-likeness (QED) is 0.631. The summed E-state index contributed by atoms with van der Waals surface area (Å²) in [5.41, 5.74) is 1.39. The van der Waals surface area contributed by atoms with E-state index in [0.29, 0.717) is 11.4 Å². The molecule has 0 saturated carbocycles. The molecule has 6 nitrogen and oxygen atoms in total. The van der Waals surface area contributed by atoms with Gasteiger partial charge in [0, 0.05) is 24.7 Å². The predicted molar refractivity (Wildman–Crippen MR) is 75.2 cm³/mol. The van der Waals surface area contributed by atoms with E-state index in [0.717, 1.165) is 23.6 Å². The first kappa shape index (κ1) is 13.5. The predicted octanol–water partition coefficient (Wildman–Crippen LogP) is 1.34. The van der Waals surface area contributed by atoms with E-state index in [2.05, 4.69) is 25.0 Å². The first-order chi connectivity index (χ1) is 9.29. The van der Waals surface area contributed by atoms with Gasteiger partial charge in [0.1, 0.15) is 11.3 Å². The maximum absolute atomic E-state index is 10.9. The highest BCUT2D eigenvalue weighted by atomic mass is 32.2. The van der Waals surface area contributed by atoms with Crippen LogP contribution in [0.1, 0.15) is 0 Å². The molecule has 19 heavy (non-hydrogen) atoms. The van der Waals surface area contributed by atoms with Crippen LogP contribution in [-0.4, -0.2) is 46.1 Å². The van der Waals surface area contributed by atoms with Gasteiger partial charge in [0.15, 0.2) is 5.65 Å². The fourth-order valence-electron chi connectivity index (χ4n) is 1.42. The van der Waals surface area contributed by atoms with Crippen molar-refractivity contribution >= 4 is 34.7 Å². The normalized spacial score (nSPS) is 10.4. The summed E-state index contributed by atoms with van der Waals surface area (Å²) in [4.78, 5) is 23.5. The third-order valence-corrected chi connectivity index (χ3v) is 3.26. The number of thioether (sulfide) groups is 1. The Morgan fingerprint density at radius 1 is 1.37 bits per heavy atom. The third-order valence-electron chi connectivity index (χ3n) is 2.33. The number of carbonyl (C=O) groups excluding carboxylic acids is 1. The van der Waals surface area contributed by atoms with Crippen LogP contribution in [0.25, 0.3) is 11.2 Å². The highest BCUT2D eigenvalue weighted by molar-refractivity contribution is 7.99. The number of fused-ring (bicyclic) bond motifs is 1. The first-order valence-corrected chi connectivity index (χ1v) is 6.91. The Balaban J connectivity index is 1.80. The summed E-state index contributed by atoms with van der Waals surface area (Å²) in [5, 5.41) is 3.18. The van der Waals surface area contributed by atoms with E-state index in [1.807, 2.05) is 12.1 Å². The summed E-state index contributed by atoms with van der Waals surface area (Å²) in [7, 11) is 1.39. The van der Waals surface area contributed by atoms with E-state index < -0.39 is 0 Å². The fourth-order valence-corrected chi connectivity index (χ4v) is 2.09. The number of rotatable bonds is 6. The average molecular weight is 278 g/mol. The number of methoxy groups -OCH3 is 1. The molecule has 0 aliphatic rings. The molecule has 0 atom stereocenters. The molecule has 0 aliphatic heterocycles. The molecule has 2 rings (SSSR count). The Kier molecular flexibility index (Phi) is 4.91. The Hall–Kier alpha value is -1.89. The third kappa shape index (κ3) is 4.06. The summed E-state index contributed by atoms with van der Waals surface area (Å²) in [6, 6.07) is 3.74. The van der Waals surface area contributed by atoms with E-state index in [9.17, 15) is 4.79 Å². The lowest BCUT2D eigenvalue weighted by atomic mass is 10.4. The number of carbonyl (C=O) groups is 1. The number of nitrogens with one attached hydrogen (secondary N) is 1. The second-order valence-corrected chi connectivity index (χ2v) is 4.76. The Morgan fingerprint density at radius 2 is 2.21 bits per heavy atom. The second kappa shape index (κ2) is 6.89. The summed E-state index contributed by atoms with van der Waals surface area (Å²) in [5.74, 6) is 1.72. The fraction of sp³-hybridized carbons (Fsp3) is 0.333. The highest BCUT2D eigenvalue weighted by Gasteiger charge is 2.01. The molecule has 0 saturated heterocycles. The van der Waals surface area contributed by atoms with Crippen molar-refractivity contribution < 1.29 is 9.53 Å². The number of hydrogen-bond donors (Lipinski definition) is 1. The van der Waals surface area contributed by atoms with Gasteiger partial charge in [0.2, 0.25) is 0 Å². The second-order valence-electron chi connectivity index (χ2n) is 3.65. The summed E-state index contributed by atoms with van der Waals surface area (Å²) in [6.07, 6.45) is 3.26. The SMILES string of the molecule is COC(=O)CSCCNc1ccc2nccnc2n1. The van der Waals surface area contributed by atoms with E-state index in [4.69, 9.17) is 0 Å². The lowest BCUT2D eigenvalue weighted by molar-refractivity contribution is -0.137. The number of pyridine rings is 1. The van der Waals surface area contributed by atoms with Gasteiger partial charge in [0.05, 0.1) is 12.9 Å². The van der Waals surface area contributed by atoms with Crippen LogP contribution < -0.4 is 5.32 Å². The molecule has 2 aromatic heterocycles. The van der Waals surface area contributed by atoms with Crippen molar-refractivity contribution in [1.29, 1.82) is 0 Å². The molecule has 0 fully saturated rings. The minimum absolute atomic E-state index is 0.205. The molecule has 0 aromatic carbocycles. The van der Waals surface area contributed by atoms with Crippen molar-refractivity contribution in [3.63, 3.8) is 0 Å². The number of aromatic nitrogens is 3. The number of ether oxygens (including phenoxy) is 1. The molecule has 1 N–H and O–H groups in total. The molecule has 0 aliphatic carbocycles. The summed E-state index contributed by atoms with van der Waals surface area (Å²) >= 11 is 1.52. The standard InChI is InChI=1S/C12H14N4O2S/c1-18-11(17)8-19-7-6-14-10-3-2-9-12(16-10)15-5-4-13-9/h2-5H,6-8H2,1H3,(H,14,15,16). The van der Waals surface area contributed by atoms with Crippen molar-refractivity contribution in [2.45, 2.75) is 0 Å². The van der Waals surface area contributed by atoms with Gasteiger partial charge in [0.25, 0.3) is 0 Å². The van der Waals surface area contributed by atoms with Crippen LogP contribution in [0.4, 0.5) is 5.82 Å². The molecule has 0 unspecified atom stereocenters. The molecule has 0 amide bonds. The van der Waals surface area contributed by atoms with Crippen LogP contribution in [0.2, 0.25) is 0 Å². The van der Waals surface area contributed by atoms with Crippen molar-refractivity contribution in [2.24, 2.45) is 0 Å². The maximum Gasteiger partial charge on any atom is 0.315 e. The van der Waals surface area contributed by atoms with Gasteiger partial charge in [-0.15, -0.1) is 11.8 Å². The van der Waals surface area contributed by atoms with Crippen molar-refractivity contribution in [1.82, 2.24) is 15.0 Å². The molecular weight excluding hydrogens is 264 g/mol. The molecule has 0 spiro atoms. The van der Waals surface area contributed by atoms with Crippen LogP contribution in [-0.2, 0) is 9.53 Å². The number of esters is 1. The molecule has 100 valence electrons. The topological polar surface area (TPSA) is 77.0 Å². The van der Waals surface area contributed by atoms with E-state index >= 15 is 0 Å². The zero-order valence-corrected chi connectivity index (χ0v) is 11.3. The number of anilines is 1. The molecule has 2 aromatic rings. The average Bonchev–Trinajstić information content (AvgIpc) is 2.46. The monoisotopic (exact) mass is 278 g/mol. The zero-order chi connectivity index (χ0) is 13.5. The lowest BCUT2D eigenvalue weighted by Crippen LogP contribution is -2.09. The molecule has 0 radical (unpaired) electrons. The molecule has 2 heterocycles. The molecule has 7 heteroatoms. The van der Waals surface area contributed by atoms with Crippen LogP contribution in [0.15, 0.2) is 24.5 Å². The smallest absolute Gasteiger partial charge is 0.315 e. The summed E-state index contributed by atoms with van der Waals surface area (Å²) in [6.45, 7) is 0.723. The lowest BCUT2D eigenvalue weighted by Gasteiger charge is -2.05. The van der Waals surface area contributed by atoms with Crippen LogP contribution in [0, 0.1) is 0 Å². The molecule has 0 bridgehead atoms. The zero-order valence-electron chi connectivity index (χ0n) is 10.5.